The summed E-state index contributed by atoms with van der Waals surface area (Å²) in [5.41, 5.74) is 6.97. The fourth-order valence-corrected chi connectivity index (χ4v) is 3.74. The van der Waals surface area contributed by atoms with Crippen molar-refractivity contribution in [1.29, 1.82) is 0 Å². The third-order valence-corrected chi connectivity index (χ3v) is 4.98. The second kappa shape index (κ2) is 5.28. The lowest BCUT2D eigenvalue weighted by atomic mass is 10.0. The molecule has 1 aromatic carbocycles. The van der Waals surface area contributed by atoms with Crippen LogP contribution in [-0.2, 0) is 9.84 Å². The van der Waals surface area contributed by atoms with Crippen LogP contribution < -0.4 is 10.5 Å². The van der Waals surface area contributed by atoms with Crippen LogP contribution in [0.4, 0.5) is 0 Å². The molecule has 4 nitrogen and oxygen atoms in total. The zero-order valence-electron chi connectivity index (χ0n) is 10.5. The van der Waals surface area contributed by atoms with Crippen molar-refractivity contribution in [1.82, 2.24) is 0 Å². The molecule has 2 rings (SSSR count). The molecule has 18 heavy (non-hydrogen) atoms. The largest absolute Gasteiger partial charge is 0.489 e. The molecule has 0 radical (unpaired) electrons. The molecule has 1 aliphatic rings. The summed E-state index contributed by atoms with van der Waals surface area (Å²) < 4.78 is 28.6. The maximum Gasteiger partial charge on any atom is 0.154 e. The fourth-order valence-electron chi connectivity index (χ4n) is 2.15. The summed E-state index contributed by atoms with van der Waals surface area (Å²) >= 11 is 0. The van der Waals surface area contributed by atoms with Gasteiger partial charge in [-0.05, 0) is 18.9 Å². The van der Waals surface area contributed by atoms with E-state index in [-0.39, 0.29) is 23.7 Å². The maximum atomic E-state index is 11.4. The Morgan fingerprint density at radius 1 is 1.44 bits per heavy atom. The van der Waals surface area contributed by atoms with Crippen LogP contribution in [0.2, 0.25) is 0 Å². The van der Waals surface area contributed by atoms with E-state index in [0.29, 0.717) is 12.2 Å². The van der Waals surface area contributed by atoms with Crippen LogP contribution in [-0.4, -0.2) is 26.0 Å². The molecule has 2 unspecified atom stereocenters. The van der Waals surface area contributed by atoms with Gasteiger partial charge in [0.15, 0.2) is 9.84 Å². The number of hydrogen-bond acceptors (Lipinski definition) is 4. The van der Waals surface area contributed by atoms with Gasteiger partial charge in [0.25, 0.3) is 0 Å². The summed E-state index contributed by atoms with van der Waals surface area (Å²) in [5.74, 6) is 1.05. The normalized spacial score (nSPS) is 23.8. The molecule has 2 N–H and O–H groups in total. The average Bonchev–Trinajstić information content (AvgIpc) is 2.68. The van der Waals surface area contributed by atoms with E-state index in [1.54, 1.807) is 0 Å². The Balaban J connectivity index is 2.15. The van der Waals surface area contributed by atoms with Gasteiger partial charge in [-0.1, -0.05) is 25.1 Å². The summed E-state index contributed by atoms with van der Waals surface area (Å²) in [7, 11) is -2.91. The number of nitrogens with two attached hydrogens (primary N) is 1. The van der Waals surface area contributed by atoms with Crippen molar-refractivity contribution >= 4 is 9.84 Å². The van der Waals surface area contributed by atoms with Crippen molar-refractivity contribution in [3.05, 3.63) is 29.8 Å². The molecule has 1 heterocycles. The van der Waals surface area contributed by atoms with Crippen molar-refractivity contribution in [3.63, 3.8) is 0 Å². The molecular weight excluding hydrogens is 250 g/mol. The Kier molecular flexibility index (Phi) is 3.92. The molecule has 0 aromatic heterocycles. The van der Waals surface area contributed by atoms with Gasteiger partial charge in [-0.3, -0.25) is 0 Å². The highest BCUT2D eigenvalue weighted by Crippen LogP contribution is 2.28. The molecule has 100 valence electrons. The van der Waals surface area contributed by atoms with Gasteiger partial charge >= 0.3 is 0 Å². The van der Waals surface area contributed by atoms with Gasteiger partial charge in [0.1, 0.15) is 11.9 Å². The predicted octanol–water partition coefficient (Wildman–Crippen LogP) is 1.66. The number of hydrogen-bond donors (Lipinski definition) is 1. The van der Waals surface area contributed by atoms with Crippen molar-refractivity contribution in [3.8, 4) is 5.75 Å². The second-order valence-corrected chi connectivity index (χ2v) is 6.92. The SMILES string of the molecule is CCC(N)c1ccccc1OC1CCS(=O)(=O)C1. The second-order valence-electron chi connectivity index (χ2n) is 4.70. The van der Waals surface area contributed by atoms with E-state index in [0.717, 1.165) is 12.0 Å². The van der Waals surface area contributed by atoms with Crippen LogP contribution >= 0.6 is 0 Å². The van der Waals surface area contributed by atoms with E-state index in [4.69, 9.17) is 10.5 Å². The number of benzene rings is 1. The van der Waals surface area contributed by atoms with Crippen LogP contribution in [0.25, 0.3) is 0 Å². The summed E-state index contributed by atoms with van der Waals surface area (Å²) in [4.78, 5) is 0. The zero-order valence-corrected chi connectivity index (χ0v) is 11.3. The quantitative estimate of drug-likeness (QED) is 0.902. The van der Waals surface area contributed by atoms with Crippen molar-refractivity contribution < 1.29 is 13.2 Å². The lowest BCUT2D eigenvalue weighted by Crippen LogP contribution is -2.20. The van der Waals surface area contributed by atoms with E-state index in [1.807, 2.05) is 31.2 Å². The van der Waals surface area contributed by atoms with Gasteiger partial charge in [0, 0.05) is 11.6 Å². The Hall–Kier alpha value is -1.07. The van der Waals surface area contributed by atoms with E-state index in [1.165, 1.54) is 0 Å². The molecule has 0 spiro atoms. The minimum Gasteiger partial charge on any atom is -0.489 e. The zero-order chi connectivity index (χ0) is 13.2. The third-order valence-electron chi connectivity index (χ3n) is 3.24. The maximum absolute atomic E-state index is 11.4. The van der Waals surface area contributed by atoms with Gasteiger partial charge in [-0.15, -0.1) is 0 Å². The Morgan fingerprint density at radius 3 is 2.78 bits per heavy atom. The number of rotatable bonds is 4. The molecule has 1 aliphatic heterocycles. The van der Waals surface area contributed by atoms with Crippen LogP contribution in [0.5, 0.6) is 5.75 Å². The van der Waals surface area contributed by atoms with E-state index in [9.17, 15) is 8.42 Å². The summed E-state index contributed by atoms with van der Waals surface area (Å²) in [5, 5.41) is 0. The van der Waals surface area contributed by atoms with Gasteiger partial charge in [-0.2, -0.15) is 0 Å². The smallest absolute Gasteiger partial charge is 0.154 e. The van der Waals surface area contributed by atoms with Crippen molar-refractivity contribution in [2.24, 2.45) is 5.73 Å². The third kappa shape index (κ3) is 3.03. The van der Waals surface area contributed by atoms with Crippen molar-refractivity contribution in [2.75, 3.05) is 11.5 Å². The topological polar surface area (TPSA) is 69.4 Å². The summed E-state index contributed by atoms with van der Waals surface area (Å²) in [6, 6.07) is 7.52. The molecule has 5 heteroatoms. The van der Waals surface area contributed by atoms with E-state index >= 15 is 0 Å². The van der Waals surface area contributed by atoms with E-state index < -0.39 is 9.84 Å². The molecule has 2 atom stereocenters. The van der Waals surface area contributed by atoms with Crippen LogP contribution in [0.3, 0.4) is 0 Å². The highest BCUT2D eigenvalue weighted by Gasteiger charge is 2.30. The standard InChI is InChI=1S/C13H19NO3S/c1-2-12(14)11-5-3-4-6-13(11)17-10-7-8-18(15,16)9-10/h3-6,10,12H,2,7-9,14H2,1H3. The molecule has 1 fully saturated rings. The Labute approximate surface area is 108 Å². The molecule has 0 aliphatic carbocycles. The molecular formula is C13H19NO3S. The molecule has 1 saturated heterocycles. The minimum atomic E-state index is -2.91. The highest BCUT2D eigenvalue weighted by atomic mass is 32.2. The Morgan fingerprint density at radius 2 is 2.17 bits per heavy atom. The molecule has 0 saturated carbocycles. The first-order valence-electron chi connectivity index (χ1n) is 6.23. The minimum absolute atomic E-state index is 0.0702. The summed E-state index contributed by atoms with van der Waals surface area (Å²) in [6.07, 6.45) is 1.15. The fraction of sp³-hybridized carbons (Fsp3) is 0.538. The van der Waals surface area contributed by atoms with Crippen LogP contribution in [0.1, 0.15) is 31.4 Å². The monoisotopic (exact) mass is 269 g/mol. The van der Waals surface area contributed by atoms with Crippen molar-refractivity contribution in [2.45, 2.75) is 31.9 Å². The number of para-hydroxylation sites is 1. The molecule has 1 aromatic rings. The number of sulfone groups is 1. The van der Waals surface area contributed by atoms with E-state index in [2.05, 4.69) is 0 Å². The lowest BCUT2D eigenvalue weighted by Gasteiger charge is -2.18. The summed E-state index contributed by atoms with van der Waals surface area (Å²) in [6.45, 7) is 2.02. The first kappa shape index (κ1) is 13.4. The highest BCUT2D eigenvalue weighted by molar-refractivity contribution is 7.91. The lowest BCUT2D eigenvalue weighted by molar-refractivity contribution is 0.225. The van der Waals surface area contributed by atoms with Gasteiger partial charge in [0.2, 0.25) is 0 Å². The molecule has 0 bridgehead atoms. The van der Waals surface area contributed by atoms with Gasteiger partial charge in [-0.25, -0.2) is 8.42 Å². The van der Waals surface area contributed by atoms with Crippen LogP contribution in [0, 0.1) is 0 Å². The number of ether oxygens (including phenoxy) is 1. The predicted molar refractivity (Wildman–Crippen MR) is 71.3 cm³/mol. The van der Waals surface area contributed by atoms with Gasteiger partial charge in [0.05, 0.1) is 11.5 Å². The molecule has 0 amide bonds. The van der Waals surface area contributed by atoms with Crippen LogP contribution in [0.15, 0.2) is 24.3 Å². The first-order chi connectivity index (χ1) is 8.52. The average molecular weight is 269 g/mol. The first-order valence-corrected chi connectivity index (χ1v) is 8.05. The Bertz CT molecular complexity index is 513. The van der Waals surface area contributed by atoms with Gasteiger partial charge < -0.3 is 10.5 Å².